The number of carbonyl (C=O) groups excluding carboxylic acids is 1. The fourth-order valence-corrected chi connectivity index (χ4v) is 2.71. The third-order valence-corrected chi connectivity index (χ3v) is 3.92. The molecule has 0 aliphatic rings. The Kier molecular flexibility index (Phi) is 3.14. The molecule has 0 bridgehead atoms. The maximum atomic E-state index is 11.6. The molecule has 7 N–H and O–H groups in total. The number of aromatic amines is 1. The molecule has 1 amide bonds. The summed E-state index contributed by atoms with van der Waals surface area (Å²) < 4.78 is 5.39. The van der Waals surface area contributed by atoms with E-state index in [4.69, 9.17) is 21.7 Å². The number of rotatable bonds is 3. The van der Waals surface area contributed by atoms with Gasteiger partial charge < -0.3 is 21.7 Å². The molecule has 3 aromatic heterocycles. The zero-order valence-corrected chi connectivity index (χ0v) is 12.9. The molecule has 9 heteroatoms. The van der Waals surface area contributed by atoms with Crippen molar-refractivity contribution in [2.75, 3.05) is 11.5 Å². The van der Waals surface area contributed by atoms with Gasteiger partial charge in [-0.2, -0.15) is 5.10 Å². The molecule has 0 spiro atoms. The van der Waals surface area contributed by atoms with Crippen LogP contribution in [-0.2, 0) is 0 Å². The maximum Gasteiger partial charge on any atom is 0.250 e. The summed E-state index contributed by atoms with van der Waals surface area (Å²) in [6.07, 6.45) is 4.99. The summed E-state index contributed by atoms with van der Waals surface area (Å²) in [5, 5.41) is 11.0. The zero-order valence-electron chi connectivity index (χ0n) is 12.9. The average molecular weight is 335 g/mol. The van der Waals surface area contributed by atoms with Crippen LogP contribution in [0.5, 0.6) is 0 Å². The Hall–Kier alpha value is -3.88. The number of nitrogens with two attached hydrogens (primary N) is 3. The van der Waals surface area contributed by atoms with E-state index in [-0.39, 0.29) is 11.4 Å². The lowest BCUT2D eigenvalue weighted by atomic mass is 10.0. The van der Waals surface area contributed by atoms with Crippen LogP contribution in [0.3, 0.4) is 0 Å². The minimum Gasteiger partial charge on any atom is -0.398 e. The minimum absolute atomic E-state index is 0.195. The number of amides is 1. The number of nitrogens with zero attached hydrogens (tertiary/aromatic N) is 3. The summed E-state index contributed by atoms with van der Waals surface area (Å²) in [6.45, 7) is 0. The van der Waals surface area contributed by atoms with Crippen LogP contribution in [0, 0.1) is 0 Å². The number of H-pyrrole nitrogens is 1. The number of carbonyl (C=O) groups is 1. The smallest absolute Gasteiger partial charge is 0.250 e. The highest BCUT2D eigenvalue weighted by molar-refractivity contribution is 6.06. The largest absolute Gasteiger partial charge is 0.398 e. The van der Waals surface area contributed by atoms with Crippen molar-refractivity contribution in [1.29, 1.82) is 0 Å². The van der Waals surface area contributed by atoms with E-state index in [1.54, 1.807) is 36.8 Å². The fraction of sp³-hybridized carbons (Fsp3) is 0. The number of primary amides is 1. The SMILES string of the molecule is NC(=O)c1cc(-c2ncc(-c3cn[nH]c3)c3onc(N)c23)ccc1N. The number of fused-ring (bicyclic) bond motifs is 1. The van der Waals surface area contributed by atoms with Gasteiger partial charge in [-0.3, -0.25) is 14.9 Å². The second-order valence-electron chi connectivity index (χ2n) is 5.45. The topological polar surface area (TPSA) is 163 Å². The van der Waals surface area contributed by atoms with Crippen molar-refractivity contribution < 1.29 is 9.32 Å². The Morgan fingerprint density at radius 2 is 2.00 bits per heavy atom. The van der Waals surface area contributed by atoms with Gasteiger partial charge in [0.05, 0.1) is 22.8 Å². The van der Waals surface area contributed by atoms with E-state index in [0.717, 1.165) is 5.56 Å². The normalized spacial score (nSPS) is 11.0. The van der Waals surface area contributed by atoms with Crippen molar-refractivity contribution in [2.45, 2.75) is 0 Å². The van der Waals surface area contributed by atoms with Crippen LogP contribution in [0.2, 0.25) is 0 Å². The van der Waals surface area contributed by atoms with Gasteiger partial charge in [-0.05, 0) is 12.1 Å². The van der Waals surface area contributed by atoms with Gasteiger partial charge >= 0.3 is 0 Å². The number of pyridine rings is 1. The third-order valence-electron chi connectivity index (χ3n) is 3.92. The predicted octanol–water partition coefficient (Wildman–Crippen LogP) is 1.54. The van der Waals surface area contributed by atoms with E-state index in [1.165, 1.54) is 0 Å². The van der Waals surface area contributed by atoms with Crippen LogP contribution in [0.25, 0.3) is 33.4 Å². The molecule has 25 heavy (non-hydrogen) atoms. The molecule has 0 aliphatic carbocycles. The van der Waals surface area contributed by atoms with Crippen molar-refractivity contribution in [1.82, 2.24) is 20.3 Å². The van der Waals surface area contributed by atoms with Crippen LogP contribution >= 0.6 is 0 Å². The first-order valence-corrected chi connectivity index (χ1v) is 7.29. The van der Waals surface area contributed by atoms with Crippen LogP contribution in [0.1, 0.15) is 10.4 Å². The van der Waals surface area contributed by atoms with Gasteiger partial charge in [0, 0.05) is 34.8 Å². The highest BCUT2D eigenvalue weighted by Crippen LogP contribution is 2.37. The monoisotopic (exact) mass is 335 g/mol. The van der Waals surface area contributed by atoms with Gasteiger partial charge in [-0.15, -0.1) is 0 Å². The van der Waals surface area contributed by atoms with Gasteiger partial charge in [-0.25, -0.2) is 0 Å². The Balaban J connectivity index is 1.98. The van der Waals surface area contributed by atoms with E-state index in [9.17, 15) is 4.79 Å². The summed E-state index contributed by atoms with van der Waals surface area (Å²) in [4.78, 5) is 16.0. The first kappa shape index (κ1) is 14.7. The molecule has 0 aliphatic heterocycles. The van der Waals surface area contributed by atoms with Gasteiger partial charge in [0.2, 0.25) is 0 Å². The quantitative estimate of drug-likeness (QED) is 0.412. The first-order chi connectivity index (χ1) is 12.1. The Morgan fingerprint density at radius 3 is 2.72 bits per heavy atom. The molecule has 9 nitrogen and oxygen atoms in total. The zero-order chi connectivity index (χ0) is 17.6. The van der Waals surface area contributed by atoms with Gasteiger partial charge in [0.1, 0.15) is 0 Å². The van der Waals surface area contributed by atoms with E-state index < -0.39 is 5.91 Å². The summed E-state index contributed by atoms with van der Waals surface area (Å²) in [5.74, 6) is -0.427. The molecule has 4 rings (SSSR count). The second kappa shape index (κ2) is 5.34. The molecule has 0 atom stereocenters. The molecular formula is C16H13N7O2. The van der Waals surface area contributed by atoms with Crippen molar-refractivity contribution in [2.24, 2.45) is 5.73 Å². The maximum absolute atomic E-state index is 11.6. The first-order valence-electron chi connectivity index (χ1n) is 7.29. The number of aromatic nitrogens is 4. The van der Waals surface area contributed by atoms with Gasteiger partial charge in [-0.1, -0.05) is 11.2 Å². The number of anilines is 2. The average Bonchev–Trinajstić information content (AvgIpc) is 3.25. The molecule has 0 fully saturated rings. The number of hydrogen-bond donors (Lipinski definition) is 4. The molecular weight excluding hydrogens is 322 g/mol. The summed E-state index contributed by atoms with van der Waals surface area (Å²) in [7, 11) is 0. The van der Waals surface area contributed by atoms with Crippen molar-refractivity contribution in [3.63, 3.8) is 0 Å². The molecule has 0 radical (unpaired) electrons. The van der Waals surface area contributed by atoms with Crippen LogP contribution in [-0.4, -0.2) is 26.2 Å². The molecule has 3 heterocycles. The Bertz CT molecular complexity index is 1100. The van der Waals surface area contributed by atoms with E-state index >= 15 is 0 Å². The van der Waals surface area contributed by atoms with Crippen molar-refractivity contribution in [3.05, 3.63) is 42.4 Å². The third kappa shape index (κ3) is 2.26. The van der Waals surface area contributed by atoms with Gasteiger partial charge in [0.25, 0.3) is 5.91 Å². The molecule has 124 valence electrons. The van der Waals surface area contributed by atoms with Crippen molar-refractivity contribution in [3.8, 4) is 22.4 Å². The van der Waals surface area contributed by atoms with Crippen molar-refractivity contribution >= 4 is 28.4 Å². The van der Waals surface area contributed by atoms with E-state index in [1.807, 2.05) is 0 Å². The lowest BCUT2D eigenvalue weighted by molar-refractivity contribution is 0.100. The number of benzene rings is 1. The standard InChI is InChI=1S/C16H13N7O2/c17-11-2-1-7(3-9(11)16(19)24)13-12-14(25-23-15(12)18)10(6-20-13)8-4-21-22-5-8/h1-6H,17H2,(H2,18,23)(H2,19,24)(H,21,22). The lowest BCUT2D eigenvalue weighted by Crippen LogP contribution is -2.13. The molecule has 0 saturated heterocycles. The Labute approximate surface area is 140 Å². The lowest BCUT2D eigenvalue weighted by Gasteiger charge is -2.08. The Morgan fingerprint density at radius 1 is 1.16 bits per heavy atom. The van der Waals surface area contributed by atoms with Crippen LogP contribution < -0.4 is 17.2 Å². The van der Waals surface area contributed by atoms with Crippen LogP contribution in [0.4, 0.5) is 11.5 Å². The highest BCUT2D eigenvalue weighted by Gasteiger charge is 2.19. The summed E-state index contributed by atoms with van der Waals surface area (Å²) in [6, 6.07) is 4.90. The molecule has 4 aromatic rings. The minimum atomic E-state index is -0.621. The van der Waals surface area contributed by atoms with E-state index in [0.29, 0.717) is 33.5 Å². The second-order valence-corrected chi connectivity index (χ2v) is 5.45. The van der Waals surface area contributed by atoms with Crippen LogP contribution in [0.15, 0.2) is 41.3 Å². The molecule has 0 unspecified atom stereocenters. The highest BCUT2D eigenvalue weighted by atomic mass is 16.5. The fourth-order valence-electron chi connectivity index (χ4n) is 2.71. The summed E-state index contributed by atoms with van der Waals surface area (Å²) >= 11 is 0. The molecule has 1 aromatic carbocycles. The predicted molar refractivity (Wildman–Crippen MR) is 92.2 cm³/mol. The number of nitrogen functional groups attached to an aromatic ring is 2. The van der Waals surface area contributed by atoms with Gasteiger partial charge in [0.15, 0.2) is 11.4 Å². The summed E-state index contributed by atoms with van der Waals surface area (Å²) in [5.41, 5.74) is 20.7. The molecule has 0 saturated carbocycles. The number of hydrogen-bond acceptors (Lipinski definition) is 7. The number of nitrogens with one attached hydrogen (secondary N) is 1. The van der Waals surface area contributed by atoms with E-state index in [2.05, 4.69) is 20.3 Å².